The van der Waals surface area contributed by atoms with Gasteiger partial charge in [0.1, 0.15) is 0 Å². The molecule has 0 bridgehead atoms. The molecule has 0 aliphatic carbocycles. The van der Waals surface area contributed by atoms with E-state index in [1.165, 1.54) is 26.2 Å². The van der Waals surface area contributed by atoms with Crippen LogP contribution in [-0.2, 0) is 6.54 Å². The van der Waals surface area contributed by atoms with E-state index in [1.807, 2.05) is 12.1 Å². The summed E-state index contributed by atoms with van der Waals surface area (Å²) in [5.41, 5.74) is 1.62. The molecule has 124 valence electrons. The summed E-state index contributed by atoms with van der Waals surface area (Å²) in [4.78, 5) is 26.6. The Bertz CT molecular complexity index is 815. The zero-order valence-corrected chi connectivity index (χ0v) is 13.7. The summed E-state index contributed by atoms with van der Waals surface area (Å²) >= 11 is 0. The number of amides is 2. The van der Waals surface area contributed by atoms with Crippen molar-refractivity contribution in [1.29, 1.82) is 0 Å². The topological polar surface area (TPSA) is 65.1 Å². The first-order chi connectivity index (χ1) is 11.6. The minimum atomic E-state index is -0.436. The Morgan fingerprint density at radius 2 is 1.67 bits per heavy atom. The number of methoxy groups -OCH3 is 3. The quantitative estimate of drug-likeness (QED) is 0.807. The van der Waals surface area contributed by atoms with Gasteiger partial charge < -0.3 is 14.2 Å². The third-order valence-corrected chi connectivity index (χ3v) is 4.00. The summed E-state index contributed by atoms with van der Waals surface area (Å²) in [6, 6.07) is 10.4. The molecule has 24 heavy (non-hydrogen) atoms. The highest BCUT2D eigenvalue weighted by Crippen LogP contribution is 2.40. The smallest absolute Gasteiger partial charge is 0.264 e. The van der Waals surface area contributed by atoms with Crippen LogP contribution in [0.3, 0.4) is 0 Å². The van der Waals surface area contributed by atoms with Crippen LogP contribution in [0.25, 0.3) is 0 Å². The van der Waals surface area contributed by atoms with Gasteiger partial charge in [0, 0.05) is 5.56 Å². The van der Waals surface area contributed by atoms with Gasteiger partial charge in [-0.15, -0.1) is 0 Å². The molecule has 0 unspecified atom stereocenters. The Balaban J connectivity index is 2.02. The monoisotopic (exact) mass is 327 g/mol. The highest BCUT2D eigenvalue weighted by molar-refractivity contribution is 6.13. The van der Waals surface area contributed by atoms with Crippen molar-refractivity contribution < 1.29 is 23.8 Å². The first-order valence-corrected chi connectivity index (χ1v) is 7.35. The molecule has 0 fully saturated rings. The maximum absolute atomic E-state index is 12.9. The lowest BCUT2D eigenvalue weighted by Gasteiger charge is -2.18. The van der Waals surface area contributed by atoms with Crippen LogP contribution in [0, 0.1) is 0 Å². The number of nitrogens with zero attached hydrogens (tertiary/aromatic N) is 1. The van der Waals surface area contributed by atoms with Gasteiger partial charge in [0.25, 0.3) is 11.8 Å². The third-order valence-electron chi connectivity index (χ3n) is 4.00. The van der Waals surface area contributed by atoms with Gasteiger partial charge in [-0.2, -0.15) is 0 Å². The minimum Gasteiger partial charge on any atom is -0.493 e. The average molecular weight is 327 g/mol. The number of rotatable bonds is 4. The van der Waals surface area contributed by atoms with Gasteiger partial charge in [-0.25, -0.2) is 0 Å². The first kappa shape index (κ1) is 15.9. The van der Waals surface area contributed by atoms with Crippen LogP contribution in [0.2, 0.25) is 0 Å². The van der Waals surface area contributed by atoms with Gasteiger partial charge in [0.2, 0.25) is 5.75 Å². The predicted molar refractivity (Wildman–Crippen MR) is 86.7 cm³/mol. The first-order valence-electron chi connectivity index (χ1n) is 7.35. The molecule has 1 aliphatic heterocycles. The summed E-state index contributed by atoms with van der Waals surface area (Å²) in [5, 5.41) is 0. The van der Waals surface area contributed by atoms with E-state index in [4.69, 9.17) is 14.2 Å². The largest absolute Gasteiger partial charge is 0.493 e. The number of hydrogen-bond acceptors (Lipinski definition) is 5. The number of fused-ring (bicyclic) bond motifs is 1. The molecule has 0 radical (unpaired) electrons. The standard InChI is InChI=1S/C18H17NO5/c1-22-14-9-8-13(15(23-2)16(14)24-3)18(21)19-10-11-6-4-5-7-12(11)17(19)20/h4-9H,10H2,1-3H3. The third kappa shape index (κ3) is 2.36. The molecule has 0 atom stereocenters. The summed E-state index contributed by atoms with van der Waals surface area (Å²) in [6.07, 6.45) is 0. The molecule has 1 heterocycles. The predicted octanol–water partition coefficient (Wildman–Crippen LogP) is 2.51. The molecule has 0 saturated heterocycles. The van der Waals surface area contributed by atoms with Crippen LogP contribution in [-0.4, -0.2) is 38.0 Å². The molecule has 0 saturated carbocycles. The molecule has 6 heteroatoms. The highest BCUT2D eigenvalue weighted by atomic mass is 16.5. The molecular formula is C18H17NO5. The van der Waals surface area contributed by atoms with Crippen LogP contribution in [0.5, 0.6) is 17.2 Å². The van der Waals surface area contributed by atoms with E-state index in [0.29, 0.717) is 17.1 Å². The summed E-state index contributed by atoms with van der Waals surface area (Å²) in [7, 11) is 4.40. The van der Waals surface area contributed by atoms with Gasteiger partial charge in [-0.1, -0.05) is 18.2 Å². The van der Waals surface area contributed by atoms with Crippen LogP contribution in [0.1, 0.15) is 26.3 Å². The van der Waals surface area contributed by atoms with Crippen molar-refractivity contribution in [3.05, 3.63) is 53.1 Å². The number of imide groups is 1. The summed E-state index contributed by atoms with van der Waals surface area (Å²) in [6.45, 7) is 0.241. The summed E-state index contributed by atoms with van der Waals surface area (Å²) < 4.78 is 15.8. The van der Waals surface area contributed by atoms with Crippen molar-refractivity contribution in [3.8, 4) is 17.2 Å². The van der Waals surface area contributed by atoms with Crippen molar-refractivity contribution in [2.45, 2.75) is 6.54 Å². The van der Waals surface area contributed by atoms with Crippen molar-refractivity contribution >= 4 is 11.8 Å². The fourth-order valence-electron chi connectivity index (χ4n) is 2.83. The van der Waals surface area contributed by atoms with Crippen LogP contribution < -0.4 is 14.2 Å². The number of carbonyl (C=O) groups is 2. The Kier molecular flexibility index (Phi) is 4.12. The molecule has 0 N–H and O–H groups in total. The molecule has 0 aromatic heterocycles. The number of benzene rings is 2. The fourth-order valence-corrected chi connectivity index (χ4v) is 2.83. The second-order valence-corrected chi connectivity index (χ2v) is 5.24. The molecule has 2 aromatic carbocycles. The maximum Gasteiger partial charge on any atom is 0.264 e. The van der Waals surface area contributed by atoms with E-state index >= 15 is 0 Å². The minimum absolute atomic E-state index is 0.241. The molecular weight excluding hydrogens is 310 g/mol. The lowest BCUT2D eigenvalue weighted by molar-refractivity contribution is 0.0628. The number of ether oxygens (including phenoxy) is 3. The van der Waals surface area contributed by atoms with E-state index in [9.17, 15) is 9.59 Å². The van der Waals surface area contributed by atoms with Crippen LogP contribution in [0.4, 0.5) is 0 Å². The molecule has 0 spiro atoms. The van der Waals surface area contributed by atoms with Crippen LogP contribution >= 0.6 is 0 Å². The molecule has 6 nitrogen and oxygen atoms in total. The van der Waals surface area contributed by atoms with E-state index < -0.39 is 5.91 Å². The molecule has 3 rings (SSSR count). The fraction of sp³-hybridized carbons (Fsp3) is 0.222. The van der Waals surface area contributed by atoms with Gasteiger partial charge in [-0.05, 0) is 23.8 Å². The summed E-state index contributed by atoms with van der Waals surface area (Å²) in [5.74, 6) is 0.254. The normalized spacial score (nSPS) is 12.8. The second-order valence-electron chi connectivity index (χ2n) is 5.24. The zero-order valence-electron chi connectivity index (χ0n) is 13.7. The van der Waals surface area contributed by atoms with Crippen molar-refractivity contribution in [2.24, 2.45) is 0 Å². The number of hydrogen-bond donors (Lipinski definition) is 0. The lowest BCUT2D eigenvalue weighted by atomic mass is 10.1. The maximum atomic E-state index is 12.9. The Hall–Kier alpha value is -3.02. The van der Waals surface area contributed by atoms with E-state index in [1.54, 1.807) is 24.3 Å². The van der Waals surface area contributed by atoms with Crippen LogP contribution in [0.15, 0.2) is 36.4 Å². The van der Waals surface area contributed by atoms with Gasteiger partial charge in [-0.3, -0.25) is 14.5 Å². The van der Waals surface area contributed by atoms with E-state index in [2.05, 4.69) is 0 Å². The van der Waals surface area contributed by atoms with Crippen molar-refractivity contribution in [2.75, 3.05) is 21.3 Å². The van der Waals surface area contributed by atoms with Crippen molar-refractivity contribution in [3.63, 3.8) is 0 Å². The van der Waals surface area contributed by atoms with Gasteiger partial charge in [0.15, 0.2) is 11.5 Å². The van der Waals surface area contributed by atoms with Crippen molar-refractivity contribution in [1.82, 2.24) is 4.90 Å². The Labute approximate surface area is 139 Å². The number of carbonyl (C=O) groups excluding carboxylic acids is 2. The SMILES string of the molecule is COc1ccc(C(=O)N2Cc3ccccc3C2=O)c(OC)c1OC. The zero-order chi connectivity index (χ0) is 17.3. The van der Waals surface area contributed by atoms with Gasteiger partial charge in [0.05, 0.1) is 33.4 Å². The highest BCUT2D eigenvalue weighted by Gasteiger charge is 2.34. The Morgan fingerprint density at radius 3 is 2.29 bits per heavy atom. The van der Waals surface area contributed by atoms with Gasteiger partial charge >= 0.3 is 0 Å². The second kappa shape index (κ2) is 6.23. The van der Waals surface area contributed by atoms with E-state index in [0.717, 1.165) is 5.56 Å². The Morgan fingerprint density at radius 1 is 0.958 bits per heavy atom. The molecule has 2 amide bonds. The average Bonchev–Trinajstić information content (AvgIpc) is 2.96. The van der Waals surface area contributed by atoms with E-state index in [-0.39, 0.29) is 23.8 Å². The molecule has 2 aromatic rings. The lowest BCUT2D eigenvalue weighted by Crippen LogP contribution is -2.31. The molecule has 1 aliphatic rings.